The highest BCUT2D eigenvalue weighted by atomic mass is 79.9. The Labute approximate surface area is 124 Å². The Kier molecular flexibility index (Phi) is 5.25. The molecular formula is C15H23BrN2O. The summed E-state index contributed by atoms with van der Waals surface area (Å²) in [5.41, 5.74) is 8.25. The molecule has 0 radical (unpaired) electrons. The molecule has 1 aromatic carbocycles. The van der Waals surface area contributed by atoms with Gasteiger partial charge in [-0.15, -0.1) is 0 Å². The van der Waals surface area contributed by atoms with Crippen molar-refractivity contribution < 1.29 is 4.74 Å². The number of hydrogen-bond donors (Lipinski definition) is 1. The second-order valence-corrected chi connectivity index (χ2v) is 6.22. The van der Waals surface area contributed by atoms with Gasteiger partial charge in [-0.1, -0.05) is 6.07 Å². The molecule has 0 aliphatic carbocycles. The van der Waals surface area contributed by atoms with E-state index in [0.29, 0.717) is 6.10 Å². The summed E-state index contributed by atoms with van der Waals surface area (Å²) in [7, 11) is 2.11. The fourth-order valence-electron chi connectivity index (χ4n) is 2.47. The molecule has 1 aromatic rings. The van der Waals surface area contributed by atoms with Crippen LogP contribution >= 0.6 is 15.9 Å². The predicted molar refractivity (Wildman–Crippen MR) is 83.6 cm³/mol. The van der Waals surface area contributed by atoms with E-state index in [9.17, 15) is 0 Å². The number of halogens is 1. The van der Waals surface area contributed by atoms with E-state index in [-0.39, 0.29) is 6.04 Å². The fraction of sp³-hybridized carbons (Fsp3) is 0.600. The van der Waals surface area contributed by atoms with Crippen molar-refractivity contribution in [3.05, 3.63) is 28.2 Å². The maximum atomic E-state index is 5.90. The highest BCUT2D eigenvalue weighted by Gasteiger charge is 2.17. The molecule has 0 bridgehead atoms. The third-order valence-corrected chi connectivity index (χ3v) is 4.30. The first kappa shape index (κ1) is 14.8. The van der Waals surface area contributed by atoms with Gasteiger partial charge in [0.25, 0.3) is 0 Å². The van der Waals surface area contributed by atoms with E-state index in [1.165, 1.54) is 24.9 Å². The molecule has 1 fully saturated rings. The van der Waals surface area contributed by atoms with Crippen molar-refractivity contribution in [3.8, 4) is 0 Å². The summed E-state index contributed by atoms with van der Waals surface area (Å²) in [4.78, 5) is 2.25. The molecule has 1 heterocycles. The summed E-state index contributed by atoms with van der Waals surface area (Å²) >= 11 is 3.64. The van der Waals surface area contributed by atoms with Gasteiger partial charge in [-0.3, -0.25) is 0 Å². The van der Waals surface area contributed by atoms with Crippen LogP contribution in [0.25, 0.3) is 0 Å². The molecule has 2 atom stereocenters. The number of nitrogens with two attached hydrogens (primary N) is 1. The van der Waals surface area contributed by atoms with Crippen molar-refractivity contribution in [2.45, 2.75) is 38.3 Å². The number of hydrogen-bond acceptors (Lipinski definition) is 3. The predicted octanol–water partition coefficient (Wildman–Crippen LogP) is 3.47. The number of likely N-dealkylation sites (N-methyl/N-ethyl adjacent to an activating group) is 1. The molecule has 1 saturated heterocycles. The van der Waals surface area contributed by atoms with Crippen molar-refractivity contribution in [1.82, 2.24) is 0 Å². The van der Waals surface area contributed by atoms with E-state index in [2.05, 4.69) is 46.1 Å². The normalized spacial score (nSPS) is 21.2. The average molecular weight is 327 g/mol. The third kappa shape index (κ3) is 3.94. The minimum absolute atomic E-state index is 0.0670. The van der Waals surface area contributed by atoms with Crippen molar-refractivity contribution in [1.29, 1.82) is 0 Å². The zero-order chi connectivity index (χ0) is 13.8. The number of benzene rings is 1. The summed E-state index contributed by atoms with van der Waals surface area (Å²) < 4.78 is 6.89. The second-order valence-electron chi connectivity index (χ2n) is 5.37. The molecular weight excluding hydrogens is 304 g/mol. The Morgan fingerprint density at radius 3 is 2.84 bits per heavy atom. The second kappa shape index (κ2) is 6.73. The van der Waals surface area contributed by atoms with E-state index in [4.69, 9.17) is 10.5 Å². The molecule has 4 heteroatoms. The van der Waals surface area contributed by atoms with Crippen LogP contribution in [0.4, 0.5) is 5.69 Å². The topological polar surface area (TPSA) is 38.5 Å². The van der Waals surface area contributed by atoms with E-state index >= 15 is 0 Å². The summed E-state index contributed by atoms with van der Waals surface area (Å²) in [5.74, 6) is 0. The highest BCUT2D eigenvalue weighted by molar-refractivity contribution is 9.10. The van der Waals surface area contributed by atoms with E-state index in [1.807, 2.05) is 6.92 Å². The molecule has 3 nitrogen and oxygen atoms in total. The number of anilines is 1. The molecule has 0 amide bonds. The van der Waals surface area contributed by atoms with Crippen LogP contribution in [0.15, 0.2) is 22.7 Å². The summed E-state index contributed by atoms with van der Waals surface area (Å²) in [6.07, 6.45) is 4.01. The van der Waals surface area contributed by atoms with Gasteiger partial charge in [0, 0.05) is 30.7 Å². The lowest BCUT2D eigenvalue weighted by atomic mass is 10.1. The van der Waals surface area contributed by atoms with Crippen LogP contribution in [0.1, 0.15) is 37.8 Å². The van der Waals surface area contributed by atoms with Crippen molar-refractivity contribution in [2.75, 3.05) is 25.1 Å². The fourth-order valence-corrected chi connectivity index (χ4v) is 3.17. The SMILES string of the molecule is CC(N)c1ccc(N(C)CC2CCCCO2)c(Br)c1. The van der Waals surface area contributed by atoms with Gasteiger partial charge in [-0.25, -0.2) is 0 Å². The zero-order valence-electron chi connectivity index (χ0n) is 11.7. The highest BCUT2D eigenvalue weighted by Crippen LogP contribution is 2.29. The molecule has 106 valence electrons. The van der Waals surface area contributed by atoms with Gasteiger partial charge in [0.2, 0.25) is 0 Å². The smallest absolute Gasteiger partial charge is 0.0749 e. The van der Waals surface area contributed by atoms with Crippen LogP contribution in [-0.4, -0.2) is 26.3 Å². The minimum atomic E-state index is 0.0670. The van der Waals surface area contributed by atoms with Crippen LogP contribution in [0, 0.1) is 0 Å². The van der Waals surface area contributed by atoms with Crippen molar-refractivity contribution in [3.63, 3.8) is 0 Å². The summed E-state index contributed by atoms with van der Waals surface area (Å²) in [6, 6.07) is 6.41. The van der Waals surface area contributed by atoms with Crippen LogP contribution < -0.4 is 10.6 Å². The molecule has 19 heavy (non-hydrogen) atoms. The first-order chi connectivity index (χ1) is 9.08. The van der Waals surface area contributed by atoms with E-state index in [0.717, 1.165) is 23.2 Å². The maximum absolute atomic E-state index is 5.90. The van der Waals surface area contributed by atoms with Gasteiger partial charge in [0.1, 0.15) is 0 Å². The number of nitrogens with zero attached hydrogens (tertiary/aromatic N) is 1. The van der Waals surface area contributed by atoms with Crippen LogP contribution in [0.5, 0.6) is 0 Å². The minimum Gasteiger partial charge on any atom is -0.376 e. The lowest BCUT2D eigenvalue weighted by Gasteiger charge is -2.29. The van der Waals surface area contributed by atoms with Crippen molar-refractivity contribution in [2.24, 2.45) is 5.73 Å². The largest absolute Gasteiger partial charge is 0.376 e. The Balaban J connectivity index is 2.03. The van der Waals surface area contributed by atoms with Gasteiger partial charge in [-0.2, -0.15) is 0 Å². The Morgan fingerprint density at radius 2 is 2.26 bits per heavy atom. The monoisotopic (exact) mass is 326 g/mol. The van der Waals surface area contributed by atoms with Crippen LogP contribution in [0.3, 0.4) is 0 Å². The van der Waals surface area contributed by atoms with Gasteiger partial charge in [-0.05, 0) is 59.8 Å². The Hall–Kier alpha value is -0.580. The van der Waals surface area contributed by atoms with E-state index < -0.39 is 0 Å². The van der Waals surface area contributed by atoms with Crippen LogP contribution in [0.2, 0.25) is 0 Å². The third-order valence-electron chi connectivity index (χ3n) is 3.66. The standard InChI is InChI=1S/C15H23BrN2O/c1-11(17)12-6-7-15(14(16)9-12)18(2)10-13-5-3-4-8-19-13/h6-7,9,11,13H,3-5,8,10,17H2,1-2H3. The zero-order valence-corrected chi connectivity index (χ0v) is 13.3. The molecule has 1 aliphatic rings. The first-order valence-electron chi connectivity index (χ1n) is 6.95. The van der Waals surface area contributed by atoms with Gasteiger partial charge < -0.3 is 15.4 Å². The molecule has 0 aromatic heterocycles. The molecule has 2 rings (SSSR count). The number of rotatable bonds is 4. The molecule has 2 N–H and O–H groups in total. The maximum Gasteiger partial charge on any atom is 0.0749 e. The lowest BCUT2D eigenvalue weighted by molar-refractivity contribution is 0.0216. The molecule has 1 aliphatic heterocycles. The molecule has 2 unspecified atom stereocenters. The first-order valence-corrected chi connectivity index (χ1v) is 7.75. The molecule has 0 spiro atoms. The number of ether oxygens (including phenoxy) is 1. The van der Waals surface area contributed by atoms with Crippen LogP contribution in [-0.2, 0) is 4.74 Å². The Morgan fingerprint density at radius 1 is 1.47 bits per heavy atom. The lowest BCUT2D eigenvalue weighted by Crippen LogP contribution is -2.33. The summed E-state index contributed by atoms with van der Waals surface area (Å²) in [5, 5.41) is 0. The van der Waals surface area contributed by atoms with Gasteiger partial charge in [0.15, 0.2) is 0 Å². The van der Waals surface area contributed by atoms with E-state index in [1.54, 1.807) is 0 Å². The summed E-state index contributed by atoms with van der Waals surface area (Å²) in [6.45, 7) is 3.85. The van der Waals surface area contributed by atoms with Gasteiger partial charge in [0.05, 0.1) is 11.8 Å². The Bertz CT molecular complexity index is 417. The van der Waals surface area contributed by atoms with Gasteiger partial charge >= 0.3 is 0 Å². The quantitative estimate of drug-likeness (QED) is 0.920. The average Bonchev–Trinajstić information content (AvgIpc) is 2.39. The molecule has 0 saturated carbocycles. The van der Waals surface area contributed by atoms with Crippen molar-refractivity contribution >= 4 is 21.6 Å².